The molecular weight excluding hydrogens is 239 g/mol. The summed E-state index contributed by atoms with van der Waals surface area (Å²) in [5.74, 6) is 0.467. The highest BCUT2D eigenvalue weighted by atomic mass is 35.5. The summed E-state index contributed by atoms with van der Waals surface area (Å²) in [6.07, 6.45) is 0. The molecule has 0 radical (unpaired) electrons. The summed E-state index contributed by atoms with van der Waals surface area (Å²) in [7, 11) is 0. The van der Waals surface area contributed by atoms with Crippen molar-refractivity contribution in [2.75, 3.05) is 0 Å². The van der Waals surface area contributed by atoms with Crippen molar-refractivity contribution >= 4 is 44.6 Å². The van der Waals surface area contributed by atoms with E-state index < -0.39 is 0 Å². The van der Waals surface area contributed by atoms with Gasteiger partial charge in [-0.2, -0.15) is 0 Å². The first-order valence-electron chi connectivity index (χ1n) is 4.11. The molecule has 0 aliphatic rings. The second-order valence-electron chi connectivity index (χ2n) is 2.99. The van der Waals surface area contributed by atoms with Gasteiger partial charge in [0.1, 0.15) is 0 Å². The monoisotopic (exact) mass is 246 g/mol. The number of hydrogen-bond acceptors (Lipinski definition) is 2. The third-order valence-electron chi connectivity index (χ3n) is 2.11. The van der Waals surface area contributed by atoms with Gasteiger partial charge in [0.05, 0.1) is 6.61 Å². The van der Waals surface area contributed by atoms with E-state index in [1.165, 1.54) is 0 Å². The number of rotatable bonds is 2. The molecule has 0 aliphatic heterocycles. The van der Waals surface area contributed by atoms with E-state index in [9.17, 15) is 5.11 Å². The third-order valence-corrected chi connectivity index (χ3v) is 3.60. The van der Waals surface area contributed by atoms with Gasteiger partial charge in [-0.05, 0) is 28.6 Å². The number of fused-ring (bicyclic) bond motifs is 1. The first-order valence-corrected chi connectivity index (χ1v) is 5.90. The van der Waals surface area contributed by atoms with Crippen molar-refractivity contribution in [3.05, 3.63) is 33.7 Å². The molecule has 2 aromatic rings. The zero-order valence-corrected chi connectivity index (χ0v) is 9.59. The minimum atomic E-state index is -0.00230. The number of aliphatic hydroxyl groups is 1. The van der Waals surface area contributed by atoms with Crippen molar-refractivity contribution in [2.45, 2.75) is 12.5 Å². The van der Waals surface area contributed by atoms with Crippen LogP contribution in [0.5, 0.6) is 0 Å². The third kappa shape index (κ3) is 1.63. The van der Waals surface area contributed by atoms with Crippen LogP contribution >= 0.6 is 34.5 Å². The van der Waals surface area contributed by atoms with Crippen LogP contribution in [0, 0.1) is 0 Å². The van der Waals surface area contributed by atoms with E-state index in [1.54, 1.807) is 17.4 Å². The molecule has 0 spiro atoms. The van der Waals surface area contributed by atoms with Crippen molar-refractivity contribution in [1.82, 2.24) is 0 Å². The Morgan fingerprint density at radius 2 is 2.07 bits per heavy atom. The van der Waals surface area contributed by atoms with E-state index in [0.29, 0.717) is 10.9 Å². The molecule has 74 valence electrons. The summed E-state index contributed by atoms with van der Waals surface area (Å²) in [6.45, 7) is -0.00230. The van der Waals surface area contributed by atoms with E-state index in [0.717, 1.165) is 21.2 Å². The zero-order chi connectivity index (χ0) is 10.1. The molecule has 0 aliphatic carbocycles. The van der Waals surface area contributed by atoms with Crippen LogP contribution in [0.4, 0.5) is 0 Å². The fourth-order valence-electron chi connectivity index (χ4n) is 1.51. The molecule has 0 unspecified atom stereocenters. The first-order chi connectivity index (χ1) is 6.76. The number of thiophene rings is 1. The van der Waals surface area contributed by atoms with Crippen LogP contribution < -0.4 is 0 Å². The van der Waals surface area contributed by atoms with Crippen molar-refractivity contribution < 1.29 is 5.11 Å². The summed E-state index contributed by atoms with van der Waals surface area (Å²) in [6, 6.07) is 3.68. The average Bonchev–Trinajstić information content (AvgIpc) is 2.59. The van der Waals surface area contributed by atoms with Crippen LogP contribution in [0.15, 0.2) is 17.5 Å². The van der Waals surface area contributed by atoms with Gasteiger partial charge < -0.3 is 5.11 Å². The topological polar surface area (TPSA) is 20.2 Å². The Hall–Kier alpha value is -0.280. The summed E-state index contributed by atoms with van der Waals surface area (Å²) < 4.78 is 1.08. The van der Waals surface area contributed by atoms with Crippen molar-refractivity contribution in [3.63, 3.8) is 0 Å². The van der Waals surface area contributed by atoms with Crippen LogP contribution in [0.3, 0.4) is 0 Å². The van der Waals surface area contributed by atoms with E-state index in [-0.39, 0.29) is 6.61 Å². The molecule has 0 saturated carbocycles. The van der Waals surface area contributed by atoms with Gasteiger partial charge in [-0.25, -0.2) is 0 Å². The molecule has 2 rings (SSSR count). The van der Waals surface area contributed by atoms with Crippen LogP contribution in [0.25, 0.3) is 10.1 Å². The maximum absolute atomic E-state index is 9.20. The zero-order valence-electron chi connectivity index (χ0n) is 7.26. The summed E-state index contributed by atoms with van der Waals surface area (Å²) in [4.78, 5) is 0. The maximum Gasteiger partial charge on any atom is 0.0688 e. The van der Waals surface area contributed by atoms with Gasteiger partial charge in [0.15, 0.2) is 0 Å². The molecular formula is C10H8Cl2OS. The van der Waals surface area contributed by atoms with Crippen LogP contribution in [0.1, 0.15) is 11.1 Å². The largest absolute Gasteiger partial charge is 0.392 e. The molecule has 0 bridgehead atoms. The lowest BCUT2D eigenvalue weighted by Gasteiger charge is -2.02. The molecule has 1 aromatic heterocycles. The predicted octanol–water partition coefficient (Wildman–Crippen LogP) is 3.79. The normalized spacial score (nSPS) is 11.1. The Kier molecular flexibility index (Phi) is 2.98. The van der Waals surface area contributed by atoms with Gasteiger partial charge in [0, 0.05) is 21.0 Å². The quantitative estimate of drug-likeness (QED) is 0.800. The smallest absolute Gasteiger partial charge is 0.0688 e. The van der Waals surface area contributed by atoms with Crippen molar-refractivity contribution in [3.8, 4) is 0 Å². The lowest BCUT2D eigenvalue weighted by atomic mass is 10.1. The fraction of sp³-hybridized carbons (Fsp3) is 0.200. The standard InChI is InChI=1S/C10H8Cl2OS/c11-3-7-5-14-9-2-8(12)1-6(4-13)10(7)9/h1-2,5,13H,3-4H2. The lowest BCUT2D eigenvalue weighted by molar-refractivity contribution is 0.283. The molecule has 1 heterocycles. The Labute approximate surface area is 95.9 Å². The van der Waals surface area contributed by atoms with Crippen LogP contribution in [-0.4, -0.2) is 5.11 Å². The van der Waals surface area contributed by atoms with Crippen LogP contribution in [-0.2, 0) is 12.5 Å². The molecule has 14 heavy (non-hydrogen) atoms. The molecule has 1 aromatic carbocycles. The number of hydrogen-bond donors (Lipinski definition) is 1. The summed E-state index contributed by atoms with van der Waals surface area (Å²) in [5.41, 5.74) is 1.91. The van der Waals surface area contributed by atoms with Gasteiger partial charge in [0.25, 0.3) is 0 Å². The SMILES string of the molecule is OCc1cc(Cl)cc2scc(CCl)c12. The van der Waals surface area contributed by atoms with Gasteiger partial charge in [-0.1, -0.05) is 11.6 Å². The number of benzene rings is 1. The number of aliphatic hydroxyl groups excluding tert-OH is 1. The second-order valence-corrected chi connectivity index (χ2v) is 4.61. The highest BCUT2D eigenvalue weighted by molar-refractivity contribution is 7.17. The van der Waals surface area contributed by atoms with Crippen LogP contribution in [0.2, 0.25) is 5.02 Å². The van der Waals surface area contributed by atoms with Gasteiger partial charge in [-0.15, -0.1) is 22.9 Å². The Balaban J connectivity index is 2.78. The van der Waals surface area contributed by atoms with Crippen molar-refractivity contribution in [1.29, 1.82) is 0 Å². The lowest BCUT2D eigenvalue weighted by Crippen LogP contribution is -1.86. The van der Waals surface area contributed by atoms with E-state index >= 15 is 0 Å². The van der Waals surface area contributed by atoms with Gasteiger partial charge in [0.2, 0.25) is 0 Å². The average molecular weight is 247 g/mol. The first kappa shape index (κ1) is 10.2. The Morgan fingerprint density at radius 3 is 2.71 bits per heavy atom. The molecule has 1 N–H and O–H groups in total. The van der Waals surface area contributed by atoms with Crippen molar-refractivity contribution in [2.24, 2.45) is 0 Å². The number of alkyl halides is 1. The van der Waals surface area contributed by atoms with Gasteiger partial charge >= 0.3 is 0 Å². The molecule has 0 saturated heterocycles. The fourth-order valence-corrected chi connectivity index (χ4v) is 3.16. The van der Waals surface area contributed by atoms with E-state index in [4.69, 9.17) is 23.2 Å². The highest BCUT2D eigenvalue weighted by Crippen LogP contribution is 2.32. The molecule has 1 nitrogen and oxygen atoms in total. The molecule has 0 fully saturated rings. The molecule has 0 amide bonds. The van der Waals surface area contributed by atoms with E-state index in [1.807, 2.05) is 11.4 Å². The minimum Gasteiger partial charge on any atom is -0.392 e. The Bertz CT molecular complexity index is 464. The summed E-state index contributed by atoms with van der Waals surface area (Å²) in [5, 5.41) is 12.9. The van der Waals surface area contributed by atoms with E-state index in [2.05, 4.69) is 0 Å². The molecule has 4 heteroatoms. The Morgan fingerprint density at radius 1 is 1.29 bits per heavy atom. The van der Waals surface area contributed by atoms with Gasteiger partial charge in [-0.3, -0.25) is 0 Å². The maximum atomic E-state index is 9.20. The highest BCUT2D eigenvalue weighted by Gasteiger charge is 2.08. The molecule has 0 atom stereocenters. The predicted molar refractivity (Wildman–Crippen MR) is 62.3 cm³/mol. The number of halogens is 2. The second kappa shape index (κ2) is 4.07. The summed E-state index contributed by atoms with van der Waals surface area (Å²) >= 11 is 13.3. The minimum absolute atomic E-state index is 0.00230.